The fourth-order valence-corrected chi connectivity index (χ4v) is 9.66. The number of H-pyrrole nitrogens is 1. The summed E-state index contributed by atoms with van der Waals surface area (Å²) in [7, 11) is 2.53. The Hall–Kier alpha value is -6.36. The first-order chi connectivity index (χ1) is 32.9. The van der Waals surface area contributed by atoms with E-state index < -0.39 is 15.8 Å². The number of nitrogens with one attached hydrogen (secondary N) is 2. The highest BCUT2D eigenvalue weighted by molar-refractivity contribution is 7.87. The van der Waals surface area contributed by atoms with Crippen molar-refractivity contribution in [2.45, 2.75) is 76.7 Å². The van der Waals surface area contributed by atoms with E-state index in [4.69, 9.17) is 23.7 Å². The zero-order valence-corrected chi connectivity index (χ0v) is 42.2. The van der Waals surface area contributed by atoms with Gasteiger partial charge in [-0.2, -0.15) is 27.0 Å². The SMILES string of the molecule is COc1cccc(OCC2(c3ccc(-c4cn(S(=O)(=O)N(C)C)nc4C)cc3)CCN(C(=O)OC(C)(C)C)CC2)c1.COc1cccc(OCC2(c3ccc(-c4cn[nH]c4C)cc3)CCNCC2)c1. The highest BCUT2D eigenvalue weighted by Gasteiger charge is 2.40. The molecule has 0 bridgehead atoms. The number of aromatic nitrogens is 4. The Balaban J connectivity index is 0.000000218. The minimum atomic E-state index is -3.71. The standard InChI is InChI=1S/C30H40N4O6S.C23H27N3O2/c1-22-27(20-34(31-22)41(36,37)32(5)6)23-11-13-24(14-12-23)30(21-39-26-10-8-9-25(19-26)38-7)15-17-33(18-16-30)28(35)40-29(2,3)4;1-17-22(15-25-26-17)18-6-8-19(9-7-18)23(10-12-24-13-11-23)16-28-21-5-3-4-20(14-21)27-2/h8-14,19-20H,15-18,21H2,1-7H3;3-9,14-15,24H,10-13,16H2,1-2H3,(H,25,26). The molecule has 0 aliphatic carbocycles. The van der Waals surface area contributed by atoms with E-state index in [1.165, 1.54) is 25.2 Å². The van der Waals surface area contributed by atoms with Crippen LogP contribution in [0.25, 0.3) is 22.3 Å². The molecule has 4 aromatic carbocycles. The van der Waals surface area contributed by atoms with Crippen LogP contribution >= 0.6 is 0 Å². The van der Waals surface area contributed by atoms with Crippen LogP contribution in [0.3, 0.4) is 0 Å². The molecule has 2 aliphatic rings. The third-order valence-electron chi connectivity index (χ3n) is 13.1. The van der Waals surface area contributed by atoms with Gasteiger partial charge in [-0.3, -0.25) is 5.10 Å². The minimum absolute atomic E-state index is 0.0122. The van der Waals surface area contributed by atoms with Crippen LogP contribution in [0.2, 0.25) is 0 Å². The molecule has 2 saturated heterocycles. The highest BCUT2D eigenvalue weighted by Crippen LogP contribution is 2.39. The number of benzene rings is 4. The average Bonchev–Trinajstić information content (AvgIpc) is 3.98. The van der Waals surface area contributed by atoms with E-state index in [0.29, 0.717) is 56.3 Å². The molecule has 2 aromatic heterocycles. The lowest BCUT2D eigenvalue weighted by Crippen LogP contribution is -2.49. The van der Waals surface area contributed by atoms with Gasteiger partial charge in [-0.15, -0.1) is 0 Å². The van der Waals surface area contributed by atoms with Crippen molar-refractivity contribution >= 4 is 16.3 Å². The number of aromatic amines is 1. The van der Waals surface area contributed by atoms with E-state index in [1.807, 2.05) is 94.6 Å². The van der Waals surface area contributed by atoms with Crippen molar-refractivity contribution in [3.63, 3.8) is 0 Å². The van der Waals surface area contributed by atoms with Gasteiger partial charge in [-0.25, -0.2) is 4.79 Å². The maximum atomic E-state index is 12.8. The van der Waals surface area contributed by atoms with Gasteiger partial charge in [0, 0.05) is 67.0 Å². The molecule has 2 N–H and O–H groups in total. The summed E-state index contributed by atoms with van der Waals surface area (Å²) in [6.07, 6.45) is 6.61. The third kappa shape index (κ3) is 12.1. The fourth-order valence-electron chi connectivity index (χ4n) is 8.86. The van der Waals surface area contributed by atoms with E-state index in [9.17, 15) is 13.2 Å². The van der Waals surface area contributed by atoms with E-state index in [2.05, 4.69) is 57.0 Å². The summed E-state index contributed by atoms with van der Waals surface area (Å²) in [5, 5.41) is 14.9. The van der Waals surface area contributed by atoms with Gasteiger partial charge >= 0.3 is 16.3 Å². The molecule has 15 nitrogen and oxygen atoms in total. The zero-order chi connectivity index (χ0) is 49.4. The Morgan fingerprint density at radius 1 is 0.725 bits per heavy atom. The van der Waals surface area contributed by atoms with E-state index in [0.717, 1.165) is 73.8 Å². The number of nitrogens with zero attached hydrogens (tertiary/aromatic N) is 5. The zero-order valence-electron chi connectivity index (χ0n) is 41.4. The molecule has 0 spiro atoms. The quantitative estimate of drug-likeness (QED) is 0.107. The molecular weight excluding hydrogens is 895 g/mol. The number of piperidine rings is 2. The number of methoxy groups -OCH3 is 2. The lowest BCUT2D eigenvalue weighted by molar-refractivity contribution is 0.0132. The van der Waals surface area contributed by atoms with Crippen LogP contribution in [0.15, 0.2) is 109 Å². The molecule has 0 radical (unpaired) electrons. The van der Waals surface area contributed by atoms with E-state index in [1.54, 1.807) is 32.2 Å². The Morgan fingerprint density at radius 2 is 1.22 bits per heavy atom. The number of hydrogen-bond donors (Lipinski definition) is 2. The monoisotopic (exact) mass is 961 g/mol. The van der Waals surface area contributed by atoms with Crippen LogP contribution in [0.4, 0.5) is 4.79 Å². The summed E-state index contributed by atoms with van der Waals surface area (Å²) in [4.78, 5) is 14.5. The van der Waals surface area contributed by atoms with Crippen LogP contribution in [0.1, 0.15) is 69.0 Å². The summed E-state index contributed by atoms with van der Waals surface area (Å²) < 4.78 is 56.1. The number of likely N-dealkylation sites (tertiary alicyclic amines) is 1. The van der Waals surface area contributed by atoms with Crippen LogP contribution in [0.5, 0.6) is 23.0 Å². The van der Waals surface area contributed by atoms with Gasteiger partial charge in [0.05, 0.1) is 45.5 Å². The second-order valence-corrected chi connectivity index (χ2v) is 21.1. The van der Waals surface area contributed by atoms with Crippen molar-refractivity contribution in [1.29, 1.82) is 0 Å². The van der Waals surface area contributed by atoms with Gasteiger partial charge in [0.1, 0.15) is 28.6 Å². The van der Waals surface area contributed by atoms with Crippen molar-refractivity contribution in [2.75, 3.05) is 67.7 Å². The smallest absolute Gasteiger partial charge is 0.410 e. The summed E-state index contributed by atoms with van der Waals surface area (Å²) in [6.45, 7) is 13.6. The molecule has 16 heteroatoms. The number of rotatable bonds is 14. The number of ether oxygens (including phenoxy) is 5. The predicted molar refractivity (Wildman–Crippen MR) is 269 cm³/mol. The van der Waals surface area contributed by atoms with Gasteiger partial charge in [0.25, 0.3) is 0 Å². The van der Waals surface area contributed by atoms with Crippen molar-refractivity contribution in [2.24, 2.45) is 0 Å². The third-order valence-corrected chi connectivity index (χ3v) is 14.7. The van der Waals surface area contributed by atoms with Crippen LogP contribution < -0.4 is 24.3 Å². The van der Waals surface area contributed by atoms with Crippen molar-refractivity contribution in [3.05, 3.63) is 132 Å². The molecule has 1 amide bonds. The van der Waals surface area contributed by atoms with Crippen LogP contribution in [0, 0.1) is 13.8 Å². The molecule has 2 fully saturated rings. The maximum absolute atomic E-state index is 12.8. The second-order valence-electron chi connectivity index (χ2n) is 19.1. The largest absolute Gasteiger partial charge is 0.497 e. The first kappa shape index (κ1) is 50.5. The predicted octanol–water partition coefficient (Wildman–Crippen LogP) is 8.96. The minimum Gasteiger partial charge on any atom is -0.497 e. The van der Waals surface area contributed by atoms with Crippen LogP contribution in [-0.4, -0.2) is 116 Å². The Morgan fingerprint density at radius 3 is 1.68 bits per heavy atom. The molecule has 8 rings (SSSR count). The summed E-state index contributed by atoms with van der Waals surface area (Å²) in [5.41, 5.74) is 7.16. The molecule has 0 atom stereocenters. The van der Waals surface area contributed by atoms with E-state index >= 15 is 0 Å². The van der Waals surface area contributed by atoms with Crippen molar-refractivity contribution in [3.8, 4) is 45.3 Å². The number of aryl methyl sites for hydroxylation is 2. The normalized spacial score (nSPS) is 15.7. The first-order valence-electron chi connectivity index (χ1n) is 23.4. The Kier molecular flexibility index (Phi) is 15.8. The molecular formula is C53H67N7O8S. The topological polar surface area (TPSA) is 162 Å². The Bertz CT molecular complexity index is 2750. The van der Waals surface area contributed by atoms with E-state index in [-0.39, 0.29) is 16.9 Å². The van der Waals surface area contributed by atoms with Gasteiger partial charge in [0.2, 0.25) is 0 Å². The van der Waals surface area contributed by atoms with Gasteiger partial charge in [-0.1, -0.05) is 60.7 Å². The molecule has 69 heavy (non-hydrogen) atoms. The number of carbonyl (C=O) groups is 1. The second kappa shape index (κ2) is 21.5. The molecule has 368 valence electrons. The van der Waals surface area contributed by atoms with Crippen molar-refractivity contribution in [1.82, 2.24) is 33.9 Å². The highest BCUT2D eigenvalue weighted by atomic mass is 32.2. The molecule has 0 saturated carbocycles. The summed E-state index contributed by atoms with van der Waals surface area (Å²) in [5.74, 6) is 3.09. The number of amides is 1. The maximum Gasteiger partial charge on any atom is 0.410 e. The average molecular weight is 962 g/mol. The lowest BCUT2D eigenvalue weighted by atomic mass is 9.73. The number of carbonyl (C=O) groups excluding carboxylic acids is 1. The first-order valence-corrected chi connectivity index (χ1v) is 24.8. The molecule has 2 aliphatic heterocycles. The van der Waals surface area contributed by atoms with Gasteiger partial charge in [-0.05, 0) is 120 Å². The van der Waals surface area contributed by atoms with Gasteiger partial charge < -0.3 is 33.9 Å². The molecule has 0 unspecified atom stereocenters. The van der Waals surface area contributed by atoms with Gasteiger partial charge in [0.15, 0.2) is 0 Å². The van der Waals surface area contributed by atoms with Crippen molar-refractivity contribution < 1.29 is 36.9 Å². The summed E-state index contributed by atoms with van der Waals surface area (Å²) >= 11 is 0. The Labute approximate surface area is 407 Å². The number of hydrogen-bond acceptors (Lipinski definition) is 11. The molecule has 4 heterocycles. The lowest BCUT2D eigenvalue weighted by Gasteiger charge is -2.42. The molecule has 6 aromatic rings. The fraction of sp³-hybridized carbons (Fsp3) is 0.415. The van der Waals surface area contributed by atoms with Crippen LogP contribution in [-0.2, 0) is 25.8 Å². The summed E-state index contributed by atoms with van der Waals surface area (Å²) in [6, 6.07) is 32.3.